The van der Waals surface area contributed by atoms with Crippen LogP contribution in [-0.2, 0) is 4.79 Å². The van der Waals surface area contributed by atoms with Crippen molar-refractivity contribution in [1.29, 1.82) is 0 Å². The number of hydrogen-bond donors (Lipinski definition) is 2. The molecule has 0 radical (unpaired) electrons. The molecular weight excluding hydrogens is 278 g/mol. The van der Waals surface area contributed by atoms with E-state index < -0.39 is 0 Å². The highest BCUT2D eigenvalue weighted by Gasteiger charge is 2.21. The van der Waals surface area contributed by atoms with Crippen LogP contribution in [0.1, 0.15) is 24.2 Å². The molecule has 6 nitrogen and oxygen atoms in total. The Morgan fingerprint density at radius 1 is 1.40 bits per heavy atom. The molecule has 1 aliphatic heterocycles. The van der Waals surface area contributed by atoms with E-state index in [9.17, 15) is 4.79 Å². The number of primary amides is 1. The predicted molar refractivity (Wildman–Crippen MR) is 78.8 cm³/mol. The monoisotopic (exact) mass is 297 g/mol. The molecule has 7 heteroatoms. The second kappa shape index (κ2) is 6.37. The number of carbonyl (C=O) groups excluding carboxylic acids is 1. The Morgan fingerprint density at radius 2 is 2.05 bits per heavy atom. The highest BCUT2D eigenvalue weighted by atomic mass is 35.5. The van der Waals surface area contributed by atoms with Gasteiger partial charge in [0.05, 0.1) is 6.54 Å². The first kappa shape index (κ1) is 15.0. The molecule has 0 unspecified atom stereocenters. The van der Waals surface area contributed by atoms with E-state index in [1.165, 1.54) is 0 Å². The molecule has 0 aliphatic carbocycles. The molecule has 0 spiro atoms. The molecule has 1 aromatic heterocycles. The predicted octanol–water partition coefficient (Wildman–Crippen LogP) is 1.11. The maximum Gasteiger partial charge on any atom is 0.231 e. The Kier molecular flexibility index (Phi) is 4.77. The minimum Gasteiger partial charge on any atom is -0.369 e. The molecule has 1 fully saturated rings. The van der Waals surface area contributed by atoms with Crippen LogP contribution in [-0.4, -0.2) is 46.5 Å². The van der Waals surface area contributed by atoms with Crippen molar-refractivity contribution in [3.63, 3.8) is 0 Å². The van der Waals surface area contributed by atoms with Crippen molar-refractivity contribution in [2.24, 2.45) is 5.73 Å². The molecule has 20 heavy (non-hydrogen) atoms. The van der Waals surface area contributed by atoms with Crippen molar-refractivity contribution in [2.45, 2.75) is 32.7 Å². The number of nitrogens with one attached hydrogen (secondary N) is 1. The normalized spacial score (nSPS) is 17.1. The van der Waals surface area contributed by atoms with Gasteiger partial charge in [-0.15, -0.1) is 0 Å². The molecule has 0 bridgehead atoms. The molecule has 0 aromatic carbocycles. The lowest BCUT2D eigenvalue weighted by atomic mass is 10.0. The maximum absolute atomic E-state index is 10.9. The van der Waals surface area contributed by atoms with Gasteiger partial charge in [0, 0.05) is 24.7 Å². The third kappa shape index (κ3) is 3.80. The first-order valence-corrected chi connectivity index (χ1v) is 7.11. The van der Waals surface area contributed by atoms with Gasteiger partial charge in [-0.3, -0.25) is 9.69 Å². The number of aryl methyl sites for hydroxylation is 1. The summed E-state index contributed by atoms with van der Waals surface area (Å²) in [6.07, 6.45) is 1.90. The van der Waals surface area contributed by atoms with Crippen LogP contribution in [0.2, 0.25) is 5.15 Å². The minimum absolute atomic E-state index is 0.273. The van der Waals surface area contributed by atoms with E-state index >= 15 is 0 Å². The number of carbonyl (C=O) groups is 1. The maximum atomic E-state index is 10.9. The van der Waals surface area contributed by atoms with Crippen LogP contribution in [0.25, 0.3) is 0 Å². The van der Waals surface area contributed by atoms with E-state index in [1.807, 2.05) is 13.8 Å². The van der Waals surface area contributed by atoms with E-state index in [2.05, 4.69) is 20.2 Å². The number of nitrogens with zero attached hydrogens (tertiary/aromatic N) is 3. The lowest BCUT2D eigenvalue weighted by molar-refractivity contribution is -0.119. The summed E-state index contributed by atoms with van der Waals surface area (Å²) in [5, 5.41) is 3.92. The lowest BCUT2D eigenvalue weighted by Gasteiger charge is -2.32. The first-order valence-electron chi connectivity index (χ1n) is 6.73. The number of piperidine rings is 1. The van der Waals surface area contributed by atoms with Crippen molar-refractivity contribution in [2.75, 3.05) is 25.0 Å². The molecule has 0 atom stereocenters. The lowest BCUT2D eigenvalue weighted by Crippen LogP contribution is -2.43. The molecule has 2 rings (SSSR count). The summed E-state index contributed by atoms with van der Waals surface area (Å²) < 4.78 is 0. The van der Waals surface area contributed by atoms with Crippen molar-refractivity contribution >= 4 is 23.3 Å². The topological polar surface area (TPSA) is 84.1 Å². The van der Waals surface area contributed by atoms with Gasteiger partial charge in [-0.1, -0.05) is 11.6 Å². The fourth-order valence-corrected chi connectivity index (χ4v) is 2.60. The highest BCUT2D eigenvalue weighted by Crippen LogP contribution is 2.22. The molecule has 1 aliphatic rings. The molecule has 1 saturated heterocycles. The van der Waals surface area contributed by atoms with Crippen molar-refractivity contribution in [3.05, 3.63) is 16.5 Å². The van der Waals surface area contributed by atoms with Gasteiger partial charge in [-0.2, -0.15) is 0 Å². The highest BCUT2D eigenvalue weighted by molar-refractivity contribution is 6.30. The summed E-state index contributed by atoms with van der Waals surface area (Å²) in [5.41, 5.74) is 6.08. The fraction of sp³-hybridized carbons (Fsp3) is 0.615. The molecule has 3 N–H and O–H groups in total. The number of rotatable bonds is 4. The molecular formula is C13H20ClN5O. The van der Waals surface area contributed by atoms with E-state index in [4.69, 9.17) is 17.3 Å². The number of likely N-dealkylation sites (tertiary alicyclic amines) is 1. The summed E-state index contributed by atoms with van der Waals surface area (Å²) in [5.74, 6) is 1.19. The number of aromatic nitrogens is 2. The third-order valence-corrected chi connectivity index (χ3v) is 3.87. The van der Waals surface area contributed by atoms with E-state index in [0.717, 1.165) is 37.3 Å². The van der Waals surface area contributed by atoms with Gasteiger partial charge in [0.1, 0.15) is 16.8 Å². The zero-order valence-electron chi connectivity index (χ0n) is 11.8. The van der Waals surface area contributed by atoms with Crippen LogP contribution in [0.5, 0.6) is 0 Å². The summed E-state index contributed by atoms with van der Waals surface area (Å²) in [4.78, 5) is 21.5. The van der Waals surface area contributed by atoms with Crippen LogP contribution < -0.4 is 11.1 Å². The number of halogens is 1. The largest absolute Gasteiger partial charge is 0.369 e. The van der Waals surface area contributed by atoms with Gasteiger partial charge in [0.25, 0.3) is 0 Å². The Bertz CT molecular complexity index is 500. The van der Waals surface area contributed by atoms with Crippen LogP contribution in [0.3, 0.4) is 0 Å². The first-order chi connectivity index (χ1) is 9.45. The Morgan fingerprint density at radius 3 is 2.65 bits per heavy atom. The van der Waals surface area contributed by atoms with Crippen molar-refractivity contribution in [1.82, 2.24) is 14.9 Å². The summed E-state index contributed by atoms with van der Waals surface area (Å²) in [7, 11) is 0. The molecule has 0 saturated carbocycles. The van der Waals surface area contributed by atoms with Gasteiger partial charge >= 0.3 is 0 Å². The standard InChI is InChI=1S/C13H20ClN5O/c1-8-12(14)16-9(2)17-13(8)18-10-3-5-19(6-4-10)7-11(15)20/h10H,3-7H2,1-2H3,(H2,15,20)(H,16,17,18). The van der Waals surface area contributed by atoms with Gasteiger partial charge in [-0.25, -0.2) is 9.97 Å². The Balaban J connectivity index is 1.94. The zero-order chi connectivity index (χ0) is 14.7. The average molecular weight is 298 g/mol. The number of anilines is 1. The Labute approximate surface area is 123 Å². The number of hydrogen-bond acceptors (Lipinski definition) is 5. The number of nitrogens with two attached hydrogens (primary N) is 1. The Hall–Kier alpha value is -1.40. The quantitative estimate of drug-likeness (QED) is 0.813. The van der Waals surface area contributed by atoms with Crippen LogP contribution >= 0.6 is 11.6 Å². The minimum atomic E-state index is -0.273. The van der Waals surface area contributed by atoms with Gasteiger partial charge in [-0.05, 0) is 26.7 Å². The summed E-state index contributed by atoms with van der Waals surface area (Å²) in [6.45, 7) is 5.79. The van der Waals surface area contributed by atoms with Crippen LogP contribution in [0.15, 0.2) is 0 Å². The molecule has 1 aromatic rings. The zero-order valence-corrected chi connectivity index (χ0v) is 12.6. The van der Waals surface area contributed by atoms with E-state index in [1.54, 1.807) is 0 Å². The number of amides is 1. The van der Waals surface area contributed by atoms with Crippen LogP contribution in [0.4, 0.5) is 5.82 Å². The van der Waals surface area contributed by atoms with Crippen molar-refractivity contribution < 1.29 is 4.79 Å². The van der Waals surface area contributed by atoms with Gasteiger partial charge < -0.3 is 11.1 Å². The second-order valence-electron chi connectivity index (χ2n) is 5.20. The summed E-state index contributed by atoms with van der Waals surface area (Å²) >= 11 is 6.07. The molecule has 2 heterocycles. The van der Waals surface area contributed by atoms with Crippen LogP contribution in [0, 0.1) is 13.8 Å². The summed E-state index contributed by atoms with van der Waals surface area (Å²) in [6, 6.07) is 0.336. The molecule has 1 amide bonds. The van der Waals surface area contributed by atoms with Gasteiger partial charge in [0.15, 0.2) is 0 Å². The van der Waals surface area contributed by atoms with E-state index in [-0.39, 0.29) is 5.91 Å². The third-order valence-electron chi connectivity index (χ3n) is 3.51. The SMILES string of the molecule is Cc1nc(Cl)c(C)c(NC2CCN(CC(N)=O)CC2)n1. The van der Waals surface area contributed by atoms with Crippen molar-refractivity contribution in [3.8, 4) is 0 Å². The average Bonchev–Trinajstić information content (AvgIpc) is 2.37. The van der Waals surface area contributed by atoms with E-state index in [0.29, 0.717) is 23.6 Å². The van der Waals surface area contributed by atoms with Gasteiger partial charge in [0.2, 0.25) is 5.91 Å². The molecule has 110 valence electrons. The second-order valence-corrected chi connectivity index (χ2v) is 5.55. The smallest absolute Gasteiger partial charge is 0.231 e. The fourth-order valence-electron chi connectivity index (χ4n) is 2.38.